The van der Waals surface area contributed by atoms with Crippen LogP contribution in [0.4, 0.5) is 4.39 Å². The smallest absolute Gasteiger partial charge is 0.355 e. The maximum atomic E-state index is 13.6. The Kier molecular flexibility index (Phi) is 2.19. The molecule has 1 aromatic heterocycles. The van der Waals surface area contributed by atoms with E-state index in [0.29, 0.717) is 10.9 Å². The summed E-state index contributed by atoms with van der Waals surface area (Å²) in [5.74, 6) is -1.96. The average Bonchev–Trinajstić information content (AvgIpc) is 2.56. The first-order valence-corrected chi connectivity index (χ1v) is 4.67. The first kappa shape index (κ1) is 9.71. The molecule has 0 aliphatic heterocycles. The number of aromatic carboxylic acids is 1. The van der Waals surface area contributed by atoms with Gasteiger partial charge in [-0.15, -0.1) is 0 Å². The number of carbonyl (C=O) groups is 1. The normalized spacial score (nSPS) is 10.8. The molecule has 0 saturated heterocycles. The summed E-state index contributed by atoms with van der Waals surface area (Å²) in [6.45, 7) is 1.94. The number of benzene rings is 1. The molecular weight excluding hydrogens is 197 g/mol. The molecule has 2 N–H and O–H groups in total. The molecule has 0 saturated carbocycles. The van der Waals surface area contributed by atoms with Crippen molar-refractivity contribution in [2.75, 3.05) is 0 Å². The molecule has 0 amide bonds. The third-order valence-corrected chi connectivity index (χ3v) is 2.45. The lowest BCUT2D eigenvalue weighted by Crippen LogP contribution is -1.98. The number of rotatable bonds is 2. The number of aryl methyl sites for hydroxylation is 1. The Bertz CT molecular complexity index is 531. The van der Waals surface area contributed by atoms with Crippen LogP contribution in [0.25, 0.3) is 10.9 Å². The molecule has 0 radical (unpaired) electrons. The van der Waals surface area contributed by atoms with Gasteiger partial charge in [0, 0.05) is 5.39 Å². The van der Waals surface area contributed by atoms with E-state index in [-0.39, 0.29) is 5.69 Å². The molecule has 2 aromatic rings. The van der Waals surface area contributed by atoms with E-state index in [9.17, 15) is 9.18 Å². The Morgan fingerprint density at radius 2 is 2.27 bits per heavy atom. The summed E-state index contributed by atoms with van der Waals surface area (Å²) >= 11 is 0. The molecule has 0 spiro atoms. The molecule has 0 fully saturated rings. The van der Waals surface area contributed by atoms with Crippen molar-refractivity contribution >= 4 is 16.9 Å². The zero-order valence-corrected chi connectivity index (χ0v) is 8.17. The van der Waals surface area contributed by atoms with E-state index in [1.165, 1.54) is 0 Å². The van der Waals surface area contributed by atoms with Gasteiger partial charge in [-0.2, -0.15) is 0 Å². The summed E-state index contributed by atoms with van der Waals surface area (Å²) in [5.41, 5.74) is 1.12. The first-order chi connectivity index (χ1) is 7.15. The van der Waals surface area contributed by atoms with Crippen LogP contribution in [-0.2, 0) is 6.42 Å². The lowest BCUT2D eigenvalue weighted by Gasteiger charge is -1.97. The van der Waals surface area contributed by atoms with Gasteiger partial charge in [0.15, 0.2) is 11.5 Å². The number of carboxylic acid groups (broad SMARTS) is 1. The summed E-state index contributed by atoms with van der Waals surface area (Å²) in [6, 6.07) is 5.15. The van der Waals surface area contributed by atoms with Gasteiger partial charge in [-0.25, -0.2) is 9.18 Å². The number of fused-ring (bicyclic) bond motifs is 1. The van der Waals surface area contributed by atoms with Crippen LogP contribution in [-0.4, -0.2) is 16.1 Å². The van der Waals surface area contributed by atoms with E-state index < -0.39 is 11.8 Å². The van der Waals surface area contributed by atoms with Crippen LogP contribution >= 0.6 is 0 Å². The summed E-state index contributed by atoms with van der Waals surface area (Å²) in [5, 5.41) is 9.10. The minimum Gasteiger partial charge on any atom is -0.476 e. The van der Waals surface area contributed by atoms with Crippen LogP contribution in [0.15, 0.2) is 18.2 Å². The van der Waals surface area contributed by atoms with Gasteiger partial charge in [-0.1, -0.05) is 19.1 Å². The van der Waals surface area contributed by atoms with Crippen LogP contribution < -0.4 is 0 Å². The van der Waals surface area contributed by atoms with Gasteiger partial charge < -0.3 is 10.1 Å². The maximum absolute atomic E-state index is 13.6. The van der Waals surface area contributed by atoms with Gasteiger partial charge >= 0.3 is 5.97 Å². The summed E-state index contributed by atoms with van der Waals surface area (Å²) in [7, 11) is 0. The zero-order chi connectivity index (χ0) is 11.0. The van der Waals surface area contributed by atoms with Crippen LogP contribution in [0, 0.1) is 5.82 Å². The molecule has 15 heavy (non-hydrogen) atoms. The van der Waals surface area contributed by atoms with E-state index in [4.69, 9.17) is 5.11 Å². The molecule has 4 heteroatoms. The fraction of sp³-hybridized carbons (Fsp3) is 0.182. The maximum Gasteiger partial charge on any atom is 0.355 e. The monoisotopic (exact) mass is 207 g/mol. The fourth-order valence-corrected chi connectivity index (χ4v) is 1.69. The van der Waals surface area contributed by atoms with Crippen LogP contribution in [0.5, 0.6) is 0 Å². The molecule has 0 unspecified atom stereocenters. The lowest BCUT2D eigenvalue weighted by atomic mass is 10.1. The van der Waals surface area contributed by atoms with Crippen molar-refractivity contribution < 1.29 is 14.3 Å². The predicted octanol–water partition coefficient (Wildman–Crippen LogP) is 2.57. The van der Waals surface area contributed by atoms with E-state index in [1.807, 2.05) is 13.0 Å². The third-order valence-electron chi connectivity index (χ3n) is 2.45. The Morgan fingerprint density at radius 3 is 2.87 bits per heavy atom. The zero-order valence-electron chi connectivity index (χ0n) is 8.17. The second-order valence-corrected chi connectivity index (χ2v) is 3.31. The molecule has 0 atom stereocenters. The van der Waals surface area contributed by atoms with Crippen molar-refractivity contribution in [2.45, 2.75) is 13.3 Å². The number of carboxylic acids is 1. The number of hydrogen-bond donors (Lipinski definition) is 2. The van der Waals surface area contributed by atoms with Crippen molar-refractivity contribution in [1.29, 1.82) is 0 Å². The Labute approximate surface area is 85.5 Å². The Morgan fingerprint density at radius 1 is 1.53 bits per heavy atom. The highest BCUT2D eigenvalue weighted by Gasteiger charge is 2.17. The van der Waals surface area contributed by atoms with Crippen LogP contribution in [0.3, 0.4) is 0 Å². The van der Waals surface area contributed by atoms with E-state index in [0.717, 1.165) is 12.0 Å². The molecule has 2 rings (SSSR count). The first-order valence-electron chi connectivity index (χ1n) is 4.67. The minimum atomic E-state index is -1.27. The summed E-state index contributed by atoms with van der Waals surface area (Å²) in [6.07, 6.45) is 0.732. The minimum absolute atomic E-state index is 0.340. The third kappa shape index (κ3) is 1.38. The van der Waals surface area contributed by atoms with Crippen molar-refractivity contribution in [3.8, 4) is 0 Å². The van der Waals surface area contributed by atoms with E-state index in [2.05, 4.69) is 4.98 Å². The molecule has 3 nitrogen and oxygen atoms in total. The SMILES string of the molecule is CCc1cccc2c(F)c(C(=O)O)[nH]c12. The van der Waals surface area contributed by atoms with Gasteiger partial charge in [0.2, 0.25) is 0 Å². The predicted molar refractivity (Wildman–Crippen MR) is 54.6 cm³/mol. The van der Waals surface area contributed by atoms with Crippen molar-refractivity contribution in [1.82, 2.24) is 4.98 Å². The van der Waals surface area contributed by atoms with Crippen molar-refractivity contribution in [3.05, 3.63) is 35.3 Å². The highest BCUT2D eigenvalue weighted by atomic mass is 19.1. The quantitative estimate of drug-likeness (QED) is 0.795. The average molecular weight is 207 g/mol. The number of H-pyrrole nitrogens is 1. The van der Waals surface area contributed by atoms with E-state index in [1.54, 1.807) is 12.1 Å². The molecule has 0 aliphatic rings. The van der Waals surface area contributed by atoms with Gasteiger partial charge in [0.25, 0.3) is 0 Å². The Hall–Kier alpha value is -1.84. The molecule has 78 valence electrons. The van der Waals surface area contributed by atoms with Crippen molar-refractivity contribution in [3.63, 3.8) is 0 Å². The summed E-state index contributed by atoms with van der Waals surface area (Å²) in [4.78, 5) is 13.3. The van der Waals surface area contributed by atoms with Crippen molar-refractivity contribution in [2.24, 2.45) is 0 Å². The number of para-hydroxylation sites is 1. The molecule has 1 heterocycles. The molecule has 0 aliphatic carbocycles. The topological polar surface area (TPSA) is 53.1 Å². The summed E-state index contributed by atoms with van der Waals surface area (Å²) < 4.78 is 13.6. The number of halogens is 1. The number of aromatic amines is 1. The highest BCUT2D eigenvalue weighted by molar-refractivity contribution is 5.95. The number of aromatic nitrogens is 1. The molecular formula is C11H10FNO2. The van der Waals surface area contributed by atoms with Crippen LogP contribution in [0.1, 0.15) is 23.0 Å². The largest absolute Gasteiger partial charge is 0.476 e. The fourth-order valence-electron chi connectivity index (χ4n) is 1.69. The van der Waals surface area contributed by atoms with Gasteiger partial charge in [0.05, 0.1) is 5.52 Å². The van der Waals surface area contributed by atoms with E-state index >= 15 is 0 Å². The van der Waals surface area contributed by atoms with Gasteiger partial charge in [-0.3, -0.25) is 0 Å². The lowest BCUT2D eigenvalue weighted by molar-refractivity contribution is 0.0686. The highest BCUT2D eigenvalue weighted by Crippen LogP contribution is 2.24. The Balaban J connectivity index is 2.81. The standard InChI is InChI=1S/C11H10FNO2/c1-2-6-4-3-5-7-8(12)10(11(14)15)13-9(6)7/h3-5,13H,2H2,1H3,(H,14,15). The second kappa shape index (κ2) is 3.38. The number of hydrogen-bond acceptors (Lipinski definition) is 1. The molecule has 0 bridgehead atoms. The van der Waals surface area contributed by atoms with Gasteiger partial charge in [-0.05, 0) is 18.1 Å². The van der Waals surface area contributed by atoms with Crippen LogP contribution in [0.2, 0.25) is 0 Å². The number of nitrogens with one attached hydrogen (secondary N) is 1. The molecule has 1 aromatic carbocycles. The second-order valence-electron chi connectivity index (χ2n) is 3.31. The van der Waals surface area contributed by atoms with Gasteiger partial charge in [0.1, 0.15) is 0 Å².